The van der Waals surface area contributed by atoms with Crippen molar-refractivity contribution in [1.82, 2.24) is 10.2 Å². The lowest BCUT2D eigenvalue weighted by molar-refractivity contribution is -0.131. The molecule has 0 aromatic heterocycles. The summed E-state index contributed by atoms with van der Waals surface area (Å²) in [7, 11) is 0. The predicted octanol–water partition coefficient (Wildman–Crippen LogP) is 2.62. The maximum atomic E-state index is 12.4. The lowest BCUT2D eigenvalue weighted by Crippen LogP contribution is -2.40. The molecule has 1 saturated carbocycles. The normalized spacial score (nSPS) is 30.6. The van der Waals surface area contributed by atoms with Crippen LogP contribution >= 0.6 is 0 Å². The van der Waals surface area contributed by atoms with Crippen LogP contribution in [-0.4, -0.2) is 29.6 Å². The maximum absolute atomic E-state index is 12.4. The Morgan fingerprint density at radius 1 is 1.33 bits per heavy atom. The van der Waals surface area contributed by atoms with Gasteiger partial charge in [0.1, 0.15) is 0 Å². The topological polar surface area (TPSA) is 32.3 Å². The highest BCUT2D eigenvalue weighted by molar-refractivity contribution is 5.84. The third-order valence-electron chi connectivity index (χ3n) is 4.80. The van der Waals surface area contributed by atoms with Gasteiger partial charge in [0.15, 0.2) is 0 Å². The lowest BCUT2D eigenvalue weighted by Gasteiger charge is -2.29. The molecule has 3 nitrogen and oxygen atoms in total. The van der Waals surface area contributed by atoms with E-state index in [1.165, 1.54) is 12.8 Å². The first-order valence-corrected chi connectivity index (χ1v) is 7.42. The van der Waals surface area contributed by atoms with Crippen LogP contribution in [0.5, 0.6) is 0 Å². The SMILES string of the molecule is CC(C)CC1NC(C)N(CC2(C(C)C)CC2)C1=O. The van der Waals surface area contributed by atoms with E-state index in [1.54, 1.807) is 0 Å². The molecule has 0 aromatic carbocycles. The van der Waals surface area contributed by atoms with Crippen LogP contribution in [-0.2, 0) is 4.79 Å². The molecule has 3 heteroatoms. The second-order valence-electron chi connectivity index (χ2n) is 7.01. The van der Waals surface area contributed by atoms with Crippen molar-refractivity contribution >= 4 is 5.91 Å². The van der Waals surface area contributed by atoms with Crippen molar-refractivity contribution in [1.29, 1.82) is 0 Å². The van der Waals surface area contributed by atoms with E-state index in [-0.39, 0.29) is 12.2 Å². The first-order valence-electron chi connectivity index (χ1n) is 7.42. The van der Waals surface area contributed by atoms with Gasteiger partial charge in [0, 0.05) is 6.54 Å². The molecule has 0 bridgehead atoms. The van der Waals surface area contributed by atoms with E-state index in [1.807, 2.05) is 0 Å². The summed E-state index contributed by atoms with van der Waals surface area (Å²) in [5, 5.41) is 3.45. The molecular weight excluding hydrogens is 224 g/mol. The van der Waals surface area contributed by atoms with E-state index in [4.69, 9.17) is 0 Å². The van der Waals surface area contributed by atoms with Gasteiger partial charge in [-0.05, 0) is 43.4 Å². The summed E-state index contributed by atoms with van der Waals surface area (Å²) in [5.74, 6) is 1.57. The van der Waals surface area contributed by atoms with Gasteiger partial charge in [-0.3, -0.25) is 10.1 Å². The average Bonchev–Trinajstić information content (AvgIpc) is 2.99. The summed E-state index contributed by atoms with van der Waals surface area (Å²) < 4.78 is 0. The number of carbonyl (C=O) groups excluding carboxylic acids is 1. The van der Waals surface area contributed by atoms with E-state index in [9.17, 15) is 4.79 Å². The zero-order chi connectivity index (χ0) is 13.5. The molecule has 0 spiro atoms. The molecule has 1 aliphatic carbocycles. The van der Waals surface area contributed by atoms with Crippen LogP contribution in [0.25, 0.3) is 0 Å². The highest BCUT2D eigenvalue weighted by Crippen LogP contribution is 2.52. The standard InChI is InChI=1S/C15H28N2O/c1-10(2)8-13-14(18)17(12(5)16-13)9-15(6-7-15)11(3)4/h10-13,16H,6-9H2,1-5H3. The van der Waals surface area contributed by atoms with Gasteiger partial charge >= 0.3 is 0 Å². The third-order valence-corrected chi connectivity index (χ3v) is 4.80. The quantitative estimate of drug-likeness (QED) is 0.816. The van der Waals surface area contributed by atoms with E-state index >= 15 is 0 Å². The molecule has 1 saturated heterocycles. The third kappa shape index (κ3) is 2.56. The largest absolute Gasteiger partial charge is 0.326 e. The monoisotopic (exact) mass is 252 g/mol. The second kappa shape index (κ2) is 4.84. The zero-order valence-corrected chi connectivity index (χ0v) is 12.5. The average molecular weight is 252 g/mol. The number of amides is 1. The van der Waals surface area contributed by atoms with E-state index in [0.29, 0.717) is 23.2 Å². The fourth-order valence-corrected chi connectivity index (χ4v) is 3.12. The van der Waals surface area contributed by atoms with E-state index in [2.05, 4.69) is 44.8 Å². The van der Waals surface area contributed by atoms with Crippen LogP contribution < -0.4 is 5.32 Å². The number of hydrogen-bond acceptors (Lipinski definition) is 2. The van der Waals surface area contributed by atoms with Gasteiger partial charge in [0.2, 0.25) is 5.91 Å². The molecule has 0 aromatic rings. The second-order valence-corrected chi connectivity index (χ2v) is 7.01. The minimum atomic E-state index is 0.0444. The van der Waals surface area contributed by atoms with Crippen molar-refractivity contribution < 1.29 is 4.79 Å². The highest BCUT2D eigenvalue weighted by atomic mass is 16.2. The minimum absolute atomic E-state index is 0.0444. The van der Waals surface area contributed by atoms with Gasteiger partial charge < -0.3 is 4.90 Å². The fraction of sp³-hybridized carbons (Fsp3) is 0.933. The van der Waals surface area contributed by atoms with Gasteiger partial charge in [-0.25, -0.2) is 0 Å². The highest BCUT2D eigenvalue weighted by Gasteiger charge is 2.49. The van der Waals surface area contributed by atoms with Gasteiger partial charge in [-0.1, -0.05) is 27.7 Å². The number of nitrogens with one attached hydrogen (secondary N) is 1. The Balaban J connectivity index is 1.99. The van der Waals surface area contributed by atoms with Crippen LogP contribution in [0.3, 0.4) is 0 Å². The number of hydrogen-bond donors (Lipinski definition) is 1. The van der Waals surface area contributed by atoms with Gasteiger partial charge in [-0.2, -0.15) is 0 Å². The van der Waals surface area contributed by atoms with E-state index in [0.717, 1.165) is 13.0 Å². The van der Waals surface area contributed by atoms with Crippen molar-refractivity contribution in [3.63, 3.8) is 0 Å². The molecule has 2 fully saturated rings. The van der Waals surface area contributed by atoms with Crippen LogP contribution in [0.4, 0.5) is 0 Å². The molecule has 18 heavy (non-hydrogen) atoms. The van der Waals surface area contributed by atoms with Gasteiger partial charge in [0.25, 0.3) is 0 Å². The lowest BCUT2D eigenvalue weighted by atomic mass is 9.91. The van der Waals surface area contributed by atoms with Gasteiger partial charge in [-0.15, -0.1) is 0 Å². The Morgan fingerprint density at radius 2 is 1.94 bits per heavy atom. The molecule has 2 aliphatic rings. The van der Waals surface area contributed by atoms with Crippen molar-refractivity contribution in [2.24, 2.45) is 17.3 Å². The van der Waals surface area contributed by atoms with Crippen LogP contribution in [0, 0.1) is 17.3 Å². The molecule has 2 unspecified atom stereocenters. The minimum Gasteiger partial charge on any atom is -0.326 e. The molecule has 1 heterocycles. The molecule has 0 radical (unpaired) electrons. The molecule has 2 rings (SSSR count). The molecule has 104 valence electrons. The molecule has 2 atom stereocenters. The first kappa shape index (κ1) is 13.9. The van der Waals surface area contributed by atoms with Crippen LogP contribution in [0.2, 0.25) is 0 Å². The summed E-state index contributed by atoms with van der Waals surface area (Å²) in [6.07, 6.45) is 3.73. The summed E-state index contributed by atoms with van der Waals surface area (Å²) in [6.45, 7) is 12.0. The van der Waals surface area contributed by atoms with Crippen molar-refractivity contribution in [2.45, 2.75) is 66.1 Å². The van der Waals surface area contributed by atoms with Gasteiger partial charge in [0.05, 0.1) is 12.2 Å². The predicted molar refractivity (Wildman–Crippen MR) is 74.1 cm³/mol. The summed E-state index contributed by atoms with van der Waals surface area (Å²) in [4.78, 5) is 14.5. The fourth-order valence-electron chi connectivity index (χ4n) is 3.12. The Bertz CT molecular complexity index is 320. The molecular formula is C15H28N2O. The van der Waals surface area contributed by atoms with Crippen LogP contribution in [0.15, 0.2) is 0 Å². The van der Waals surface area contributed by atoms with E-state index < -0.39 is 0 Å². The maximum Gasteiger partial charge on any atom is 0.241 e. The van der Waals surface area contributed by atoms with Crippen LogP contribution in [0.1, 0.15) is 53.9 Å². The van der Waals surface area contributed by atoms with Crippen molar-refractivity contribution in [3.8, 4) is 0 Å². The van der Waals surface area contributed by atoms with Crippen molar-refractivity contribution in [2.75, 3.05) is 6.54 Å². The smallest absolute Gasteiger partial charge is 0.241 e. The Labute approximate surface area is 111 Å². The number of carbonyl (C=O) groups is 1. The van der Waals surface area contributed by atoms with Crippen molar-refractivity contribution in [3.05, 3.63) is 0 Å². The Hall–Kier alpha value is -0.570. The summed E-state index contributed by atoms with van der Waals surface area (Å²) in [5.41, 5.74) is 0.415. The Kier molecular flexibility index (Phi) is 3.72. The summed E-state index contributed by atoms with van der Waals surface area (Å²) >= 11 is 0. The Morgan fingerprint density at radius 3 is 2.39 bits per heavy atom. The number of nitrogens with zero attached hydrogens (tertiary/aromatic N) is 1. The summed E-state index contributed by atoms with van der Waals surface area (Å²) in [6, 6.07) is 0.0444. The number of rotatable bonds is 5. The zero-order valence-electron chi connectivity index (χ0n) is 12.5. The molecule has 1 N–H and O–H groups in total. The molecule has 1 amide bonds. The molecule has 1 aliphatic heterocycles. The first-order chi connectivity index (χ1) is 8.35.